The van der Waals surface area contributed by atoms with Crippen molar-refractivity contribution in [3.8, 4) is 33.4 Å². The van der Waals surface area contributed by atoms with E-state index in [0.717, 1.165) is 6.42 Å². The van der Waals surface area contributed by atoms with Crippen LogP contribution in [0.4, 0.5) is 0 Å². The summed E-state index contributed by atoms with van der Waals surface area (Å²) in [5, 5.41) is 0. The largest absolute Gasteiger partial charge is 0.0590 e. The quantitative estimate of drug-likeness (QED) is 0.295. The first-order valence-corrected chi connectivity index (χ1v) is 10.4. The first-order chi connectivity index (χ1) is 14.0. The molecule has 1 aliphatic rings. The Morgan fingerprint density at radius 2 is 1.00 bits per heavy atom. The summed E-state index contributed by atoms with van der Waals surface area (Å²) < 4.78 is 0. The highest BCUT2D eigenvalue weighted by Gasteiger charge is 2.20. The smallest absolute Gasteiger partial charge is 0.00130 e. The maximum Gasteiger partial charge on any atom is -0.00130 e. The molecule has 0 heteroatoms. The second-order valence-electron chi connectivity index (χ2n) is 8.56. The van der Waals surface area contributed by atoms with E-state index in [0.29, 0.717) is 0 Å². The maximum atomic E-state index is 2.40. The van der Waals surface area contributed by atoms with Gasteiger partial charge in [-0.25, -0.2) is 0 Å². The van der Waals surface area contributed by atoms with Gasteiger partial charge in [-0.05, 0) is 89.8 Å². The summed E-state index contributed by atoms with van der Waals surface area (Å²) in [4.78, 5) is 0. The Bertz CT molecular complexity index is 1260. The van der Waals surface area contributed by atoms with Crippen LogP contribution in [-0.4, -0.2) is 0 Å². The van der Waals surface area contributed by atoms with Crippen LogP contribution in [0.2, 0.25) is 0 Å². The minimum atomic E-state index is 1.02. The van der Waals surface area contributed by atoms with E-state index < -0.39 is 0 Å². The fourth-order valence-corrected chi connectivity index (χ4v) is 4.73. The molecule has 0 N–H and O–H groups in total. The third-order valence-corrected chi connectivity index (χ3v) is 6.28. The monoisotopic (exact) mass is 374 g/mol. The fraction of sp³-hybridized carbons (Fsp3) is 0.172. The molecule has 0 nitrogen and oxygen atoms in total. The van der Waals surface area contributed by atoms with E-state index in [-0.39, 0.29) is 0 Å². The molecule has 0 amide bonds. The predicted molar refractivity (Wildman–Crippen MR) is 125 cm³/mol. The molecule has 5 rings (SSSR count). The van der Waals surface area contributed by atoms with E-state index >= 15 is 0 Å². The molecule has 0 spiro atoms. The molecule has 0 saturated carbocycles. The van der Waals surface area contributed by atoms with E-state index in [4.69, 9.17) is 0 Å². The van der Waals surface area contributed by atoms with Gasteiger partial charge in [0.15, 0.2) is 0 Å². The summed E-state index contributed by atoms with van der Waals surface area (Å²) in [6.45, 7) is 8.73. The first kappa shape index (κ1) is 17.9. The number of aryl methyl sites for hydroxylation is 4. The Morgan fingerprint density at radius 3 is 1.66 bits per heavy atom. The molecule has 29 heavy (non-hydrogen) atoms. The molecular weight excluding hydrogens is 348 g/mol. The number of fused-ring (bicyclic) bond motifs is 3. The molecule has 0 atom stereocenters. The van der Waals surface area contributed by atoms with Crippen molar-refractivity contribution in [3.63, 3.8) is 0 Å². The predicted octanol–water partition coefficient (Wildman–Crippen LogP) is 7.83. The van der Waals surface area contributed by atoms with Gasteiger partial charge in [-0.1, -0.05) is 83.9 Å². The third kappa shape index (κ3) is 3.09. The molecule has 0 radical (unpaired) electrons. The Labute approximate surface area is 173 Å². The van der Waals surface area contributed by atoms with Crippen LogP contribution in [0.3, 0.4) is 0 Å². The second-order valence-corrected chi connectivity index (χ2v) is 8.56. The van der Waals surface area contributed by atoms with Gasteiger partial charge in [0.25, 0.3) is 0 Å². The lowest BCUT2D eigenvalue weighted by Gasteiger charge is -2.10. The van der Waals surface area contributed by atoms with Gasteiger partial charge in [-0.15, -0.1) is 0 Å². The summed E-state index contributed by atoms with van der Waals surface area (Å²) in [7, 11) is 0. The Hall–Kier alpha value is -3.12. The van der Waals surface area contributed by atoms with Crippen molar-refractivity contribution in [1.29, 1.82) is 0 Å². The van der Waals surface area contributed by atoms with E-state index in [1.165, 1.54) is 66.8 Å². The second kappa shape index (κ2) is 6.74. The van der Waals surface area contributed by atoms with Crippen molar-refractivity contribution in [2.24, 2.45) is 0 Å². The zero-order valence-electron chi connectivity index (χ0n) is 17.6. The third-order valence-electron chi connectivity index (χ3n) is 6.28. The topological polar surface area (TPSA) is 0 Å². The number of hydrogen-bond donors (Lipinski definition) is 0. The molecule has 0 unspecified atom stereocenters. The van der Waals surface area contributed by atoms with Crippen molar-refractivity contribution < 1.29 is 0 Å². The van der Waals surface area contributed by atoms with Crippen LogP contribution in [0.15, 0.2) is 72.8 Å². The molecule has 0 fully saturated rings. The zero-order chi connectivity index (χ0) is 20.1. The summed E-state index contributed by atoms with van der Waals surface area (Å²) in [6.07, 6.45) is 1.02. The molecular formula is C29H26. The summed E-state index contributed by atoms with van der Waals surface area (Å²) in [5.74, 6) is 0. The van der Waals surface area contributed by atoms with Gasteiger partial charge >= 0.3 is 0 Å². The lowest BCUT2D eigenvalue weighted by molar-refractivity contribution is 1.26. The van der Waals surface area contributed by atoms with Crippen LogP contribution in [-0.2, 0) is 6.42 Å². The summed E-state index contributed by atoms with van der Waals surface area (Å²) in [5.41, 5.74) is 16.3. The van der Waals surface area contributed by atoms with Crippen molar-refractivity contribution in [3.05, 3.63) is 106 Å². The fourth-order valence-electron chi connectivity index (χ4n) is 4.73. The highest BCUT2D eigenvalue weighted by Crippen LogP contribution is 2.41. The molecule has 0 aliphatic heterocycles. The van der Waals surface area contributed by atoms with Gasteiger partial charge in [0.2, 0.25) is 0 Å². The van der Waals surface area contributed by atoms with Crippen LogP contribution in [0.1, 0.15) is 33.4 Å². The Morgan fingerprint density at radius 1 is 0.448 bits per heavy atom. The van der Waals surface area contributed by atoms with Crippen LogP contribution in [0, 0.1) is 27.7 Å². The Kier molecular flexibility index (Phi) is 4.17. The van der Waals surface area contributed by atoms with Crippen molar-refractivity contribution in [2.75, 3.05) is 0 Å². The first-order valence-electron chi connectivity index (χ1n) is 10.4. The maximum absolute atomic E-state index is 2.40. The molecule has 0 heterocycles. The number of benzene rings is 4. The van der Waals surface area contributed by atoms with Crippen LogP contribution in [0.5, 0.6) is 0 Å². The molecule has 0 bridgehead atoms. The Balaban J connectivity index is 1.55. The molecule has 4 aromatic carbocycles. The molecule has 4 aromatic rings. The van der Waals surface area contributed by atoms with E-state index in [2.05, 4.69) is 100 Å². The normalized spacial score (nSPS) is 12.0. The average molecular weight is 375 g/mol. The van der Waals surface area contributed by atoms with E-state index in [9.17, 15) is 0 Å². The standard InChI is InChI=1S/C29H26/c1-18-6-10-26(21(4)13-18)22-8-11-27-24(15-22)17-25-16-23(9-12-28(25)27)29-14-19(2)5-7-20(29)3/h5-16H,17H2,1-4H3. The molecule has 0 aromatic heterocycles. The van der Waals surface area contributed by atoms with Gasteiger partial charge in [0, 0.05) is 0 Å². The molecule has 0 saturated heterocycles. The average Bonchev–Trinajstić information content (AvgIpc) is 3.06. The summed E-state index contributed by atoms with van der Waals surface area (Å²) >= 11 is 0. The minimum Gasteiger partial charge on any atom is -0.0590 e. The van der Waals surface area contributed by atoms with Crippen LogP contribution >= 0.6 is 0 Å². The van der Waals surface area contributed by atoms with Gasteiger partial charge in [-0.3, -0.25) is 0 Å². The SMILES string of the molecule is Cc1ccc(-c2ccc3c(c2)Cc2cc(-c4cc(C)ccc4C)ccc2-3)c(C)c1. The highest BCUT2D eigenvalue weighted by atomic mass is 14.2. The van der Waals surface area contributed by atoms with Crippen molar-refractivity contribution in [1.82, 2.24) is 0 Å². The van der Waals surface area contributed by atoms with E-state index in [1.807, 2.05) is 0 Å². The van der Waals surface area contributed by atoms with Gasteiger partial charge in [-0.2, -0.15) is 0 Å². The van der Waals surface area contributed by atoms with Gasteiger partial charge in [0.1, 0.15) is 0 Å². The van der Waals surface area contributed by atoms with Crippen LogP contribution < -0.4 is 0 Å². The minimum absolute atomic E-state index is 1.02. The lowest BCUT2D eigenvalue weighted by atomic mass is 9.94. The van der Waals surface area contributed by atoms with Crippen LogP contribution in [0.25, 0.3) is 33.4 Å². The summed E-state index contributed by atoms with van der Waals surface area (Å²) in [6, 6.07) is 27.4. The van der Waals surface area contributed by atoms with Gasteiger partial charge < -0.3 is 0 Å². The van der Waals surface area contributed by atoms with Crippen molar-refractivity contribution in [2.45, 2.75) is 34.1 Å². The molecule has 142 valence electrons. The number of rotatable bonds is 2. The lowest BCUT2D eigenvalue weighted by Crippen LogP contribution is -1.88. The zero-order valence-corrected chi connectivity index (χ0v) is 17.6. The van der Waals surface area contributed by atoms with Crippen molar-refractivity contribution >= 4 is 0 Å². The number of hydrogen-bond acceptors (Lipinski definition) is 0. The van der Waals surface area contributed by atoms with E-state index in [1.54, 1.807) is 0 Å². The van der Waals surface area contributed by atoms with Gasteiger partial charge in [0.05, 0.1) is 0 Å². The molecule has 1 aliphatic carbocycles. The highest BCUT2D eigenvalue weighted by molar-refractivity contribution is 5.83.